The highest BCUT2D eigenvalue weighted by Crippen LogP contribution is 2.17. The van der Waals surface area contributed by atoms with Crippen LogP contribution in [0.15, 0.2) is 12.6 Å². The van der Waals surface area contributed by atoms with Gasteiger partial charge in [0, 0.05) is 17.1 Å². The van der Waals surface area contributed by atoms with Crippen LogP contribution >= 0.6 is 0 Å². The third-order valence-corrected chi connectivity index (χ3v) is 2.07. The van der Waals surface area contributed by atoms with Gasteiger partial charge in [-0.05, 0) is 39.3 Å². The molecule has 1 heteroatoms. The van der Waals surface area contributed by atoms with Crippen molar-refractivity contribution in [1.29, 1.82) is 0 Å². The van der Waals surface area contributed by atoms with E-state index >= 15 is 0 Å². The molecule has 1 rings (SSSR count). The Labute approximate surface area is 68.4 Å². The summed E-state index contributed by atoms with van der Waals surface area (Å²) in [6.45, 7) is 12.3. The fourth-order valence-electron chi connectivity index (χ4n) is 1.51. The molecule has 0 aliphatic carbocycles. The van der Waals surface area contributed by atoms with Crippen LogP contribution in [0.5, 0.6) is 0 Å². The number of aryl methyl sites for hydroxylation is 2. The normalized spacial score (nSPS) is 10.2. The van der Waals surface area contributed by atoms with Gasteiger partial charge < -0.3 is 4.57 Å². The van der Waals surface area contributed by atoms with E-state index in [0.29, 0.717) is 0 Å². The molecule has 0 radical (unpaired) electrons. The van der Waals surface area contributed by atoms with Gasteiger partial charge in [0.1, 0.15) is 0 Å². The molecule has 11 heavy (non-hydrogen) atoms. The molecule has 0 amide bonds. The minimum atomic E-state index is 1.09. The first-order valence-electron chi connectivity index (χ1n) is 3.85. The van der Waals surface area contributed by atoms with E-state index in [2.05, 4.69) is 38.0 Å². The first-order valence-corrected chi connectivity index (χ1v) is 3.85. The molecule has 1 aromatic heterocycles. The van der Waals surface area contributed by atoms with E-state index in [1.54, 1.807) is 0 Å². The van der Waals surface area contributed by atoms with Crippen LogP contribution in [0.3, 0.4) is 0 Å². The maximum Gasteiger partial charge on any atom is 0.0224 e. The quantitative estimate of drug-likeness (QED) is 0.578. The molecule has 0 atom stereocenters. The summed E-state index contributed by atoms with van der Waals surface area (Å²) in [6, 6.07) is 2.18. The Morgan fingerprint density at radius 1 is 1.36 bits per heavy atom. The first kappa shape index (κ1) is 8.12. The molecular formula is C10H15N. The van der Waals surface area contributed by atoms with Gasteiger partial charge in [0.15, 0.2) is 0 Å². The third-order valence-electron chi connectivity index (χ3n) is 2.07. The average Bonchev–Trinajstić information content (AvgIpc) is 2.07. The van der Waals surface area contributed by atoms with Crippen molar-refractivity contribution in [3.05, 3.63) is 29.6 Å². The van der Waals surface area contributed by atoms with Crippen molar-refractivity contribution in [2.24, 2.45) is 0 Å². The van der Waals surface area contributed by atoms with Crippen LogP contribution in [0.1, 0.15) is 23.9 Å². The topological polar surface area (TPSA) is 4.93 Å². The van der Waals surface area contributed by atoms with Crippen LogP contribution in [-0.4, -0.2) is 4.57 Å². The minimum Gasteiger partial charge on any atom is -0.323 e. The number of allylic oxidation sites excluding steroid dienone is 1. The van der Waals surface area contributed by atoms with Crippen molar-refractivity contribution < 1.29 is 0 Å². The Kier molecular flexibility index (Phi) is 1.90. The molecule has 0 saturated carbocycles. The summed E-state index contributed by atoms with van der Waals surface area (Å²) in [4.78, 5) is 0. The number of nitrogens with zero attached hydrogens (tertiary/aromatic N) is 1. The summed E-state index contributed by atoms with van der Waals surface area (Å²) in [5.74, 6) is 0. The molecule has 1 nitrogen and oxygen atoms in total. The van der Waals surface area contributed by atoms with Crippen LogP contribution < -0.4 is 0 Å². The molecule has 0 bridgehead atoms. The molecule has 0 unspecified atom stereocenters. The SMILES string of the molecule is C=C(C)n1c(C)cc(C)c1C. The lowest BCUT2D eigenvalue weighted by Crippen LogP contribution is -1.96. The molecule has 60 valence electrons. The number of rotatable bonds is 1. The molecule has 0 aliphatic rings. The Morgan fingerprint density at radius 2 is 1.91 bits per heavy atom. The Balaban J connectivity index is 3.34. The molecule has 1 aromatic rings. The lowest BCUT2D eigenvalue weighted by Gasteiger charge is -2.07. The van der Waals surface area contributed by atoms with Gasteiger partial charge in [-0.15, -0.1) is 0 Å². The van der Waals surface area contributed by atoms with Crippen molar-refractivity contribution in [3.8, 4) is 0 Å². The van der Waals surface area contributed by atoms with Crippen molar-refractivity contribution in [3.63, 3.8) is 0 Å². The van der Waals surface area contributed by atoms with Gasteiger partial charge in [-0.2, -0.15) is 0 Å². The molecular weight excluding hydrogens is 134 g/mol. The van der Waals surface area contributed by atoms with E-state index in [1.165, 1.54) is 17.0 Å². The largest absolute Gasteiger partial charge is 0.323 e. The summed E-state index contributed by atoms with van der Waals surface area (Å²) in [5, 5.41) is 0. The van der Waals surface area contributed by atoms with E-state index in [9.17, 15) is 0 Å². The molecule has 1 heterocycles. The second-order valence-electron chi connectivity index (χ2n) is 3.12. The fourth-order valence-corrected chi connectivity index (χ4v) is 1.51. The fraction of sp³-hybridized carbons (Fsp3) is 0.400. The standard InChI is InChI=1S/C10H15N/c1-7(2)11-9(4)6-8(3)10(11)5/h6H,1H2,2-5H3. The van der Waals surface area contributed by atoms with Gasteiger partial charge >= 0.3 is 0 Å². The van der Waals surface area contributed by atoms with Crippen LogP contribution in [0, 0.1) is 20.8 Å². The van der Waals surface area contributed by atoms with Crippen LogP contribution in [0.25, 0.3) is 5.70 Å². The molecule has 0 spiro atoms. The Bertz CT molecular complexity index is 292. The van der Waals surface area contributed by atoms with Crippen LogP contribution in [-0.2, 0) is 0 Å². The number of hydrogen-bond donors (Lipinski definition) is 0. The highest BCUT2D eigenvalue weighted by Gasteiger charge is 2.04. The van der Waals surface area contributed by atoms with E-state index < -0.39 is 0 Å². The smallest absolute Gasteiger partial charge is 0.0224 e. The van der Waals surface area contributed by atoms with Gasteiger partial charge in [0.05, 0.1) is 0 Å². The van der Waals surface area contributed by atoms with Gasteiger partial charge in [0.2, 0.25) is 0 Å². The first-order chi connectivity index (χ1) is 5.04. The van der Waals surface area contributed by atoms with E-state index in [0.717, 1.165) is 5.70 Å². The van der Waals surface area contributed by atoms with Gasteiger partial charge in [-0.25, -0.2) is 0 Å². The molecule has 0 fully saturated rings. The third kappa shape index (κ3) is 1.23. The zero-order valence-corrected chi connectivity index (χ0v) is 7.73. The summed E-state index contributed by atoms with van der Waals surface area (Å²) < 4.78 is 2.18. The molecule has 0 aromatic carbocycles. The van der Waals surface area contributed by atoms with Gasteiger partial charge in [-0.1, -0.05) is 6.58 Å². The Morgan fingerprint density at radius 3 is 2.09 bits per heavy atom. The van der Waals surface area contributed by atoms with Gasteiger partial charge in [-0.3, -0.25) is 0 Å². The monoisotopic (exact) mass is 149 g/mol. The van der Waals surface area contributed by atoms with E-state index in [1.807, 2.05) is 6.92 Å². The second-order valence-corrected chi connectivity index (χ2v) is 3.12. The highest BCUT2D eigenvalue weighted by molar-refractivity contribution is 5.45. The maximum absolute atomic E-state index is 3.92. The number of aromatic nitrogens is 1. The second kappa shape index (κ2) is 2.57. The van der Waals surface area contributed by atoms with Crippen molar-refractivity contribution in [2.45, 2.75) is 27.7 Å². The predicted molar refractivity (Wildman–Crippen MR) is 49.6 cm³/mol. The lowest BCUT2D eigenvalue weighted by molar-refractivity contribution is 0.979. The zero-order chi connectivity index (χ0) is 8.59. The average molecular weight is 149 g/mol. The Hall–Kier alpha value is -0.980. The summed E-state index contributed by atoms with van der Waals surface area (Å²) >= 11 is 0. The molecule has 0 aliphatic heterocycles. The highest BCUT2D eigenvalue weighted by atomic mass is 15.0. The van der Waals surface area contributed by atoms with Crippen LogP contribution in [0.4, 0.5) is 0 Å². The van der Waals surface area contributed by atoms with Crippen molar-refractivity contribution in [1.82, 2.24) is 4.57 Å². The lowest BCUT2D eigenvalue weighted by atomic mass is 10.3. The summed E-state index contributed by atoms with van der Waals surface area (Å²) in [6.07, 6.45) is 0. The van der Waals surface area contributed by atoms with E-state index in [4.69, 9.17) is 0 Å². The molecule has 0 saturated heterocycles. The minimum absolute atomic E-state index is 1.09. The van der Waals surface area contributed by atoms with E-state index in [-0.39, 0.29) is 0 Å². The van der Waals surface area contributed by atoms with Crippen molar-refractivity contribution >= 4 is 5.70 Å². The predicted octanol–water partition coefficient (Wildman–Crippen LogP) is 2.90. The van der Waals surface area contributed by atoms with Crippen molar-refractivity contribution in [2.75, 3.05) is 0 Å². The van der Waals surface area contributed by atoms with Gasteiger partial charge in [0.25, 0.3) is 0 Å². The summed E-state index contributed by atoms with van der Waals surface area (Å²) in [7, 11) is 0. The zero-order valence-electron chi connectivity index (χ0n) is 7.73. The van der Waals surface area contributed by atoms with Crippen LogP contribution in [0.2, 0.25) is 0 Å². The number of hydrogen-bond acceptors (Lipinski definition) is 0. The summed E-state index contributed by atoms with van der Waals surface area (Å²) in [5.41, 5.74) is 5.00. The molecule has 0 N–H and O–H groups in total. The maximum atomic E-state index is 3.92.